The zero-order valence-corrected chi connectivity index (χ0v) is 30.2. The monoisotopic (exact) mass is 682 g/mol. The van der Waals surface area contributed by atoms with Crippen molar-refractivity contribution in [1.29, 1.82) is 0 Å². The Morgan fingerprint density at radius 3 is 2.30 bits per heavy atom. The fourth-order valence-electron chi connectivity index (χ4n) is 9.33. The Hall–Kier alpha value is -3.91. The van der Waals surface area contributed by atoms with E-state index in [0.717, 1.165) is 36.8 Å². The van der Waals surface area contributed by atoms with Crippen LogP contribution < -0.4 is 10.4 Å². The molecule has 2 bridgehead atoms. The number of fused-ring (bicyclic) bond motifs is 11. The van der Waals surface area contributed by atoms with Crippen LogP contribution >= 0.6 is 0 Å². The van der Waals surface area contributed by atoms with Gasteiger partial charge in [-0.25, -0.2) is 9.59 Å². The van der Waals surface area contributed by atoms with E-state index in [1.165, 1.54) is 31.2 Å². The predicted molar refractivity (Wildman–Crippen MR) is 190 cm³/mol. The summed E-state index contributed by atoms with van der Waals surface area (Å²) in [5.74, 6) is -0.395. The molecule has 8 nitrogen and oxygen atoms in total. The Bertz CT molecular complexity index is 1870. The Morgan fingerprint density at radius 1 is 0.860 bits per heavy atom. The molecule has 5 aliphatic rings. The number of hydrogen-bond acceptors (Lipinski definition) is 8. The highest BCUT2D eigenvalue weighted by atomic mass is 16.6. The molecule has 2 fully saturated rings. The number of hydrogen-bond donors (Lipinski definition) is 0. The molecule has 8 rings (SSSR count). The molecule has 0 saturated heterocycles. The normalized spacial score (nSPS) is 26.1. The van der Waals surface area contributed by atoms with Gasteiger partial charge in [-0.05, 0) is 119 Å². The molecule has 0 radical (unpaired) electrons. The summed E-state index contributed by atoms with van der Waals surface area (Å²) in [6, 6.07) is 14.1. The van der Waals surface area contributed by atoms with Crippen LogP contribution in [0.2, 0.25) is 0 Å². The topological polar surface area (TPSA) is 101 Å². The molecule has 1 aromatic heterocycles. The van der Waals surface area contributed by atoms with Crippen LogP contribution in [0.4, 0.5) is 0 Å². The zero-order chi connectivity index (χ0) is 35.3. The van der Waals surface area contributed by atoms with Crippen molar-refractivity contribution in [1.82, 2.24) is 0 Å². The lowest BCUT2D eigenvalue weighted by Crippen LogP contribution is -2.52. The van der Waals surface area contributed by atoms with Crippen molar-refractivity contribution >= 4 is 22.9 Å². The number of carbonyl (C=O) groups excluding carboxylic acids is 2. The second-order valence-corrected chi connectivity index (χ2v) is 16.2. The molecule has 4 heterocycles. The largest absolute Gasteiger partial charge is 0.483 e. The van der Waals surface area contributed by atoms with E-state index in [0.29, 0.717) is 53.7 Å². The Morgan fingerprint density at radius 2 is 1.58 bits per heavy atom. The molecule has 0 amide bonds. The number of benzene rings is 2. The van der Waals surface area contributed by atoms with E-state index < -0.39 is 29.4 Å². The molecular weight excluding hydrogens is 632 g/mol. The third-order valence-corrected chi connectivity index (χ3v) is 11.9. The van der Waals surface area contributed by atoms with Crippen LogP contribution in [0.3, 0.4) is 0 Å². The van der Waals surface area contributed by atoms with Gasteiger partial charge in [0.25, 0.3) is 0 Å². The van der Waals surface area contributed by atoms with Gasteiger partial charge in [-0.2, -0.15) is 0 Å². The molecule has 0 N–H and O–H groups in total. The highest BCUT2D eigenvalue weighted by Crippen LogP contribution is 2.60. The van der Waals surface area contributed by atoms with Gasteiger partial charge in [0.15, 0.2) is 12.2 Å². The summed E-state index contributed by atoms with van der Waals surface area (Å²) in [4.78, 5) is 41.8. The lowest BCUT2D eigenvalue weighted by molar-refractivity contribution is -0.189. The first-order valence-corrected chi connectivity index (χ1v) is 18.3. The number of allylic oxidation sites excluding steroid dienone is 1. The number of carbonyl (C=O) groups is 2. The van der Waals surface area contributed by atoms with Crippen LogP contribution in [0.1, 0.15) is 114 Å². The second-order valence-electron chi connectivity index (χ2n) is 16.2. The van der Waals surface area contributed by atoms with Crippen molar-refractivity contribution in [2.75, 3.05) is 13.7 Å². The Labute approximate surface area is 294 Å². The van der Waals surface area contributed by atoms with Gasteiger partial charge < -0.3 is 23.4 Å². The fourth-order valence-corrected chi connectivity index (χ4v) is 9.33. The van der Waals surface area contributed by atoms with Crippen molar-refractivity contribution in [3.8, 4) is 5.75 Å². The third-order valence-electron chi connectivity index (χ3n) is 11.9. The molecule has 8 heteroatoms. The summed E-state index contributed by atoms with van der Waals surface area (Å²) >= 11 is 0. The van der Waals surface area contributed by atoms with Crippen molar-refractivity contribution in [2.24, 2.45) is 10.8 Å². The standard InChI is InChI=1S/C42H50O8/c1-26(2)31-14-12-27-8-10-28(11-9-27)23-42(20-19-41(25-42)17-6-7-18-41)24-33(43)47-36-34-32(50-40(3,4)37(36)49-39(31)45)15-13-29-22-30(16-21-46-5)38(44)48-35(29)34/h8-11,13,15,22,36-37H,6-7,12,14,16-21,23-25H2,1-5H3. The van der Waals surface area contributed by atoms with Gasteiger partial charge in [-0.1, -0.05) is 42.7 Å². The molecule has 3 aliphatic heterocycles. The minimum atomic E-state index is -1.08. The third kappa shape index (κ3) is 6.63. The maximum Gasteiger partial charge on any atom is 0.339 e. The maximum absolute atomic E-state index is 14.5. The average Bonchev–Trinajstić information content (AvgIpc) is 3.67. The first-order valence-electron chi connectivity index (χ1n) is 18.3. The van der Waals surface area contributed by atoms with E-state index in [2.05, 4.69) is 24.3 Å². The Kier molecular flexibility index (Phi) is 9.21. The fraction of sp³-hybridized carbons (Fsp3) is 0.548. The van der Waals surface area contributed by atoms with Gasteiger partial charge in [0, 0.05) is 30.1 Å². The summed E-state index contributed by atoms with van der Waals surface area (Å²) in [5, 5.41) is 0.662. The van der Waals surface area contributed by atoms with Crippen molar-refractivity contribution < 1.29 is 33.0 Å². The van der Waals surface area contributed by atoms with Gasteiger partial charge in [0.1, 0.15) is 16.9 Å². The van der Waals surface area contributed by atoms with Crippen molar-refractivity contribution in [3.63, 3.8) is 0 Å². The van der Waals surface area contributed by atoms with Gasteiger partial charge in [0.2, 0.25) is 0 Å². The number of rotatable bonds is 3. The number of aryl methyl sites for hydroxylation is 1. The maximum atomic E-state index is 14.5. The van der Waals surface area contributed by atoms with E-state index >= 15 is 0 Å². The summed E-state index contributed by atoms with van der Waals surface area (Å²) in [6.07, 6.45) is 8.57. The molecule has 2 aliphatic carbocycles. The molecule has 2 spiro atoms. The predicted octanol–water partition coefficient (Wildman–Crippen LogP) is 8.30. The van der Waals surface area contributed by atoms with Crippen LogP contribution in [-0.4, -0.2) is 37.4 Å². The van der Waals surface area contributed by atoms with Gasteiger partial charge in [-0.3, -0.25) is 4.79 Å². The van der Waals surface area contributed by atoms with Crippen molar-refractivity contribution in [2.45, 2.75) is 123 Å². The van der Waals surface area contributed by atoms with Crippen LogP contribution in [0, 0.1) is 10.8 Å². The SMILES string of the molecule is COCCc1cc2ccc3c(c2oc1=O)C1OC(=O)CC2(CCC4(CCCC4)C2)Cc2ccc(cc2)CCC(=C(C)C)C(=O)OC1C(C)(C)O3. The molecule has 3 aromatic rings. The Balaban J connectivity index is 1.35. The first kappa shape index (κ1) is 34.5. The van der Waals surface area contributed by atoms with Crippen molar-refractivity contribution in [3.05, 3.63) is 86.3 Å². The molecule has 2 saturated carbocycles. The highest BCUT2D eigenvalue weighted by Gasteiger charge is 2.53. The average molecular weight is 683 g/mol. The van der Waals surface area contributed by atoms with Crippen LogP contribution in [0.5, 0.6) is 5.75 Å². The van der Waals surface area contributed by atoms with Crippen LogP contribution in [0.25, 0.3) is 11.0 Å². The minimum Gasteiger partial charge on any atom is -0.483 e. The lowest BCUT2D eigenvalue weighted by Gasteiger charge is -2.43. The number of esters is 2. The van der Waals surface area contributed by atoms with Crippen LogP contribution in [-0.2, 0) is 43.1 Å². The minimum absolute atomic E-state index is 0.244. The molecule has 3 unspecified atom stereocenters. The zero-order valence-electron chi connectivity index (χ0n) is 30.2. The van der Waals surface area contributed by atoms with E-state index in [1.807, 2.05) is 39.8 Å². The molecule has 50 heavy (non-hydrogen) atoms. The molecule has 3 atom stereocenters. The lowest BCUT2D eigenvalue weighted by atomic mass is 9.73. The van der Waals surface area contributed by atoms with E-state index in [1.54, 1.807) is 13.2 Å². The van der Waals surface area contributed by atoms with Gasteiger partial charge >= 0.3 is 17.6 Å². The van der Waals surface area contributed by atoms with E-state index in [4.69, 9.17) is 23.4 Å². The van der Waals surface area contributed by atoms with Gasteiger partial charge in [0.05, 0.1) is 18.6 Å². The quantitative estimate of drug-likeness (QED) is 0.155. The smallest absolute Gasteiger partial charge is 0.339 e. The summed E-state index contributed by atoms with van der Waals surface area (Å²) in [6.45, 7) is 7.87. The first-order chi connectivity index (χ1) is 23.9. The highest BCUT2D eigenvalue weighted by molar-refractivity contribution is 5.90. The van der Waals surface area contributed by atoms with Gasteiger partial charge in [-0.15, -0.1) is 0 Å². The summed E-state index contributed by atoms with van der Waals surface area (Å²) in [7, 11) is 1.59. The number of ether oxygens (including phenoxy) is 4. The van der Waals surface area contributed by atoms with Crippen LogP contribution in [0.15, 0.2) is 62.8 Å². The summed E-state index contributed by atoms with van der Waals surface area (Å²) in [5.41, 5.74) is 3.44. The van der Waals surface area contributed by atoms with E-state index in [-0.39, 0.29) is 28.8 Å². The number of methoxy groups -OCH3 is 1. The summed E-state index contributed by atoms with van der Waals surface area (Å²) < 4.78 is 30.7. The molecular formula is C42H50O8. The molecule has 2 aromatic carbocycles. The van der Waals surface area contributed by atoms with E-state index in [9.17, 15) is 14.4 Å². The second kappa shape index (κ2) is 13.3. The molecule has 266 valence electrons.